The molecule has 0 aliphatic heterocycles. The summed E-state index contributed by atoms with van der Waals surface area (Å²) in [5.41, 5.74) is 2.48. The molecule has 0 saturated carbocycles. The van der Waals surface area contributed by atoms with Crippen LogP contribution in [0.25, 0.3) is 10.6 Å². The number of thiophene rings is 1. The van der Waals surface area contributed by atoms with Gasteiger partial charge in [0.25, 0.3) is 5.91 Å². The van der Waals surface area contributed by atoms with Crippen molar-refractivity contribution in [1.29, 1.82) is 0 Å². The second kappa shape index (κ2) is 7.75. The summed E-state index contributed by atoms with van der Waals surface area (Å²) in [6.45, 7) is 2.87. The molecule has 5 heteroatoms. The predicted molar refractivity (Wildman–Crippen MR) is 96.3 cm³/mol. The number of carbonyl (C=O) groups excluding carboxylic acids is 1. The van der Waals surface area contributed by atoms with Crippen LogP contribution in [0.5, 0.6) is 5.75 Å². The molecule has 24 heavy (non-hydrogen) atoms. The van der Waals surface area contributed by atoms with Gasteiger partial charge in [0.2, 0.25) is 0 Å². The van der Waals surface area contributed by atoms with E-state index in [2.05, 4.69) is 10.3 Å². The molecular formula is C19H18N2O2S. The molecule has 0 aliphatic carbocycles. The van der Waals surface area contributed by atoms with Crippen molar-refractivity contribution in [3.8, 4) is 16.3 Å². The minimum absolute atomic E-state index is 0.145. The van der Waals surface area contributed by atoms with E-state index >= 15 is 0 Å². The minimum Gasteiger partial charge on any atom is -0.493 e. The number of ether oxygens (including phenoxy) is 1. The summed E-state index contributed by atoms with van der Waals surface area (Å²) in [6.07, 6.45) is 1.77. The van der Waals surface area contributed by atoms with Crippen LogP contribution in [-0.4, -0.2) is 17.5 Å². The second-order valence-corrected chi connectivity index (χ2v) is 6.09. The van der Waals surface area contributed by atoms with Crippen LogP contribution in [0.1, 0.15) is 22.8 Å². The molecule has 0 bridgehead atoms. The minimum atomic E-state index is -0.145. The van der Waals surface area contributed by atoms with Crippen molar-refractivity contribution in [2.75, 3.05) is 6.61 Å². The fourth-order valence-electron chi connectivity index (χ4n) is 2.36. The maximum absolute atomic E-state index is 12.4. The van der Waals surface area contributed by atoms with Crippen LogP contribution >= 0.6 is 11.3 Å². The van der Waals surface area contributed by atoms with Gasteiger partial charge in [-0.15, -0.1) is 11.3 Å². The molecule has 3 rings (SSSR count). The van der Waals surface area contributed by atoms with Crippen molar-refractivity contribution in [3.05, 3.63) is 71.2 Å². The number of hydrogen-bond acceptors (Lipinski definition) is 4. The van der Waals surface area contributed by atoms with Crippen LogP contribution in [-0.2, 0) is 6.54 Å². The van der Waals surface area contributed by atoms with Gasteiger partial charge >= 0.3 is 0 Å². The predicted octanol–water partition coefficient (Wildman–Crippen LogP) is 4.14. The number of hydrogen-bond donors (Lipinski definition) is 1. The van der Waals surface area contributed by atoms with Gasteiger partial charge in [-0.05, 0) is 48.2 Å². The first kappa shape index (κ1) is 16.2. The summed E-state index contributed by atoms with van der Waals surface area (Å²) >= 11 is 1.65. The molecule has 1 aromatic carbocycles. The lowest BCUT2D eigenvalue weighted by Gasteiger charge is -2.10. The van der Waals surface area contributed by atoms with Gasteiger partial charge in [-0.25, -0.2) is 0 Å². The summed E-state index contributed by atoms with van der Waals surface area (Å²) in [7, 11) is 0. The standard InChI is InChI=1S/C19H18N2O2S/c1-2-23-17-7-4-3-6-15(17)19(22)21-13-14-9-10-20-16(12-14)18-8-5-11-24-18/h3-12H,2,13H2,1H3,(H,21,22). The van der Waals surface area contributed by atoms with E-state index in [-0.39, 0.29) is 5.91 Å². The molecule has 0 atom stereocenters. The molecule has 0 unspecified atom stereocenters. The van der Waals surface area contributed by atoms with Crippen LogP contribution in [0, 0.1) is 0 Å². The Hall–Kier alpha value is -2.66. The lowest BCUT2D eigenvalue weighted by molar-refractivity contribution is 0.0947. The van der Waals surface area contributed by atoms with Gasteiger partial charge in [0.05, 0.1) is 22.7 Å². The van der Waals surface area contributed by atoms with E-state index in [1.54, 1.807) is 29.7 Å². The Labute approximate surface area is 145 Å². The van der Waals surface area contributed by atoms with Crippen LogP contribution in [0.15, 0.2) is 60.1 Å². The zero-order valence-electron chi connectivity index (χ0n) is 13.4. The molecule has 2 heterocycles. The summed E-state index contributed by atoms with van der Waals surface area (Å²) in [4.78, 5) is 17.9. The Balaban J connectivity index is 1.70. The van der Waals surface area contributed by atoms with Gasteiger partial charge < -0.3 is 10.1 Å². The third-order valence-corrected chi connectivity index (χ3v) is 4.37. The molecule has 0 fully saturated rings. The summed E-state index contributed by atoms with van der Waals surface area (Å²) in [6, 6.07) is 15.2. The molecule has 2 aromatic heterocycles. The van der Waals surface area contributed by atoms with Crippen LogP contribution in [0.2, 0.25) is 0 Å². The summed E-state index contributed by atoms with van der Waals surface area (Å²) in [5, 5.41) is 4.97. The lowest BCUT2D eigenvalue weighted by Crippen LogP contribution is -2.23. The van der Waals surface area contributed by atoms with Crippen LogP contribution in [0.4, 0.5) is 0 Å². The largest absolute Gasteiger partial charge is 0.493 e. The number of rotatable bonds is 6. The molecule has 0 saturated heterocycles. The van der Waals surface area contributed by atoms with Gasteiger partial charge in [-0.3, -0.25) is 9.78 Å². The molecule has 122 valence electrons. The highest BCUT2D eigenvalue weighted by atomic mass is 32.1. The fourth-order valence-corrected chi connectivity index (χ4v) is 3.05. The normalized spacial score (nSPS) is 10.4. The van der Waals surface area contributed by atoms with E-state index < -0.39 is 0 Å². The number of pyridine rings is 1. The zero-order chi connectivity index (χ0) is 16.8. The van der Waals surface area contributed by atoms with Gasteiger partial charge in [-0.1, -0.05) is 18.2 Å². The topological polar surface area (TPSA) is 51.2 Å². The number of benzene rings is 1. The van der Waals surface area contributed by atoms with E-state index in [0.29, 0.717) is 24.5 Å². The maximum atomic E-state index is 12.4. The number of nitrogens with one attached hydrogen (secondary N) is 1. The SMILES string of the molecule is CCOc1ccccc1C(=O)NCc1ccnc(-c2cccs2)c1. The highest BCUT2D eigenvalue weighted by molar-refractivity contribution is 7.13. The Morgan fingerprint density at radius 3 is 2.88 bits per heavy atom. The van der Waals surface area contributed by atoms with Crippen molar-refractivity contribution < 1.29 is 9.53 Å². The average Bonchev–Trinajstić information content (AvgIpc) is 3.15. The van der Waals surface area contributed by atoms with Gasteiger partial charge in [-0.2, -0.15) is 0 Å². The number of nitrogens with zero attached hydrogens (tertiary/aromatic N) is 1. The molecule has 3 aromatic rings. The third kappa shape index (κ3) is 3.81. The van der Waals surface area contributed by atoms with Crippen LogP contribution in [0.3, 0.4) is 0 Å². The van der Waals surface area contributed by atoms with Crippen molar-refractivity contribution >= 4 is 17.2 Å². The Morgan fingerprint density at radius 1 is 1.21 bits per heavy atom. The quantitative estimate of drug-likeness (QED) is 0.735. The summed E-state index contributed by atoms with van der Waals surface area (Å²) in [5.74, 6) is 0.458. The fraction of sp³-hybridized carbons (Fsp3) is 0.158. The van der Waals surface area contributed by atoms with Gasteiger partial charge in [0.1, 0.15) is 5.75 Å². The number of para-hydroxylation sites is 1. The molecule has 0 radical (unpaired) electrons. The maximum Gasteiger partial charge on any atom is 0.255 e. The van der Waals surface area contributed by atoms with E-state index in [1.807, 2.05) is 48.7 Å². The van der Waals surface area contributed by atoms with Crippen molar-refractivity contribution in [3.63, 3.8) is 0 Å². The number of aromatic nitrogens is 1. The van der Waals surface area contributed by atoms with Crippen molar-refractivity contribution in [2.24, 2.45) is 0 Å². The monoisotopic (exact) mass is 338 g/mol. The molecule has 0 spiro atoms. The molecule has 4 nitrogen and oxygen atoms in total. The van der Waals surface area contributed by atoms with E-state index in [4.69, 9.17) is 4.74 Å². The highest BCUT2D eigenvalue weighted by Crippen LogP contribution is 2.23. The van der Waals surface area contributed by atoms with Crippen molar-refractivity contribution in [2.45, 2.75) is 13.5 Å². The lowest BCUT2D eigenvalue weighted by atomic mass is 10.1. The van der Waals surface area contributed by atoms with Gasteiger partial charge in [0, 0.05) is 12.7 Å². The Kier molecular flexibility index (Phi) is 5.23. The van der Waals surface area contributed by atoms with E-state index in [9.17, 15) is 4.79 Å². The van der Waals surface area contributed by atoms with E-state index in [0.717, 1.165) is 16.1 Å². The van der Waals surface area contributed by atoms with Crippen molar-refractivity contribution in [1.82, 2.24) is 10.3 Å². The van der Waals surface area contributed by atoms with Gasteiger partial charge in [0.15, 0.2) is 0 Å². The Bertz CT molecular complexity index is 816. The number of amides is 1. The molecule has 0 aliphatic rings. The van der Waals surface area contributed by atoms with E-state index in [1.165, 1.54) is 0 Å². The zero-order valence-corrected chi connectivity index (χ0v) is 14.2. The Morgan fingerprint density at radius 2 is 2.08 bits per heavy atom. The average molecular weight is 338 g/mol. The third-order valence-electron chi connectivity index (χ3n) is 3.48. The summed E-state index contributed by atoms with van der Waals surface area (Å²) < 4.78 is 5.51. The first-order chi connectivity index (χ1) is 11.8. The van der Waals surface area contributed by atoms with Crippen LogP contribution < -0.4 is 10.1 Å². The molecule has 1 N–H and O–H groups in total. The first-order valence-electron chi connectivity index (χ1n) is 7.76. The first-order valence-corrected chi connectivity index (χ1v) is 8.64. The smallest absolute Gasteiger partial charge is 0.255 e. The molecular weight excluding hydrogens is 320 g/mol. The number of carbonyl (C=O) groups is 1. The second-order valence-electron chi connectivity index (χ2n) is 5.14. The molecule has 1 amide bonds. The highest BCUT2D eigenvalue weighted by Gasteiger charge is 2.11.